The van der Waals surface area contributed by atoms with Crippen molar-refractivity contribution in [1.82, 2.24) is 15.1 Å². The molecule has 2 fully saturated rings. The summed E-state index contributed by atoms with van der Waals surface area (Å²) >= 11 is 0. The minimum Gasteiger partial charge on any atom is -0.335 e. The maximum atomic E-state index is 12.8. The van der Waals surface area contributed by atoms with Crippen molar-refractivity contribution >= 4 is 5.91 Å². The van der Waals surface area contributed by atoms with Gasteiger partial charge in [-0.1, -0.05) is 12.8 Å². The molecule has 1 amide bonds. The molecule has 4 heteroatoms. The molecule has 0 aromatic carbocycles. The summed E-state index contributed by atoms with van der Waals surface area (Å²) in [4.78, 5) is 15.0. The van der Waals surface area contributed by atoms with Gasteiger partial charge in [0.1, 0.15) is 0 Å². The zero-order valence-electron chi connectivity index (χ0n) is 11.9. The largest absolute Gasteiger partial charge is 0.335 e. The van der Waals surface area contributed by atoms with E-state index in [0.29, 0.717) is 6.04 Å². The molecule has 2 heterocycles. The molecule has 0 bridgehead atoms. The molecule has 3 rings (SSSR count). The number of nitrogens with zero attached hydrogens (tertiary/aromatic N) is 2. The number of aromatic amines is 1. The predicted molar refractivity (Wildman–Crippen MR) is 74.1 cm³/mol. The Morgan fingerprint density at radius 1 is 1.21 bits per heavy atom. The lowest BCUT2D eigenvalue weighted by Gasteiger charge is -2.44. The Bertz CT molecular complexity index is 458. The third kappa shape index (κ3) is 2.17. The summed E-state index contributed by atoms with van der Waals surface area (Å²) in [6.07, 6.45) is 7.56. The fraction of sp³-hybridized carbons (Fsp3) is 0.733. The van der Waals surface area contributed by atoms with E-state index in [0.717, 1.165) is 35.8 Å². The first-order chi connectivity index (χ1) is 9.18. The molecule has 2 aliphatic rings. The van der Waals surface area contributed by atoms with Crippen LogP contribution >= 0.6 is 0 Å². The third-order valence-electron chi connectivity index (χ3n) is 4.85. The SMILES string of the molecule is Cc1n[nH]c(C)c1C(=O)N1CCCC2CCCCC21. The van der Waals surface area contributed by atoms with E-state index >= 15 is 0 Å². The third-order valence-corrected chi connectivity index (χ3v) is 4.85. The van der Waals surface area contributed by atoms with Gasteiger partial charge in [-0.2, -0.15) is 5.10 Å². The molecule has 1 saturated carbocycles. The van der Waals surface area contributed by atoms with Crippen molar-refractivity contribution in [3.05, 3.63) is 17.0 Å². The van der Waals surface area contributed by atoms with Crippen molar-refractivity contribution in [3.8, 4) is 0 Å². The van der Waals surface area contributed by atoms with Crippen LogP contribution in [0.2, 0.25) is 0 Å². The Kier molecular flexibility index (Phi) is 3.33. The van der Waals surface area contributed by atoms with Crippen LogP contribution in [0.25, 0.3) is 0 Å². The first-order valence-corrected chi connectivity index (χ1v) is 7.51. The van der Waals surface area contributed by atoms with E-state index < -0.39 is 0 Å². The summed E-state index contributed by atoms with van der Waals surface area (Å²) in [5.74, 6) is 0.930. The highest BCUT2D eigenvalue weighted by Crippen LogP contribution is 2.36. The van der Waals surface area contributed by atoms with E-state index in [1.54, 1.807) is 0 Å². The van der Waals surface area contributed by atoms with Gasteiger partial charge in [0.25, 0.3) is 5.91 Å². The van der Waals surface area contributed by atoms with Crippen molar-refractivity contribution in [2.24, 2.45) is 5.92 Å². The molecular formula is C15H23N3O. The van der Waals surface area contributed by atoms with E-state index in [2.05, 4.69) is 15.1 Å². The number of aryl methyl sites for hydroxylation is 2. The summed E-state index contributed by atoms with van der Waals surface area (Å²) < 4.78 is 0. The number of hydrogen-bond donors (Lipinski definition) is 1. The van der Waals surface area contributed by atoms with Crippen molar-refractivity contribution in [2.45, 2.75) is 58.4 Å². The molecule has 4 nitrogen and oxygen atoms in total. The molecule has 0 radical (unpaired) electrons. The fourth-order valence-electron chi connectivity index (χ4n) is 3.89. The second kappa shape index (κ2) is 4.99. The summed E-state index contributed by atoms with van der Waals surface area (Å²) in [7, 11) is 0. The van der Waals surface area contributed by atoms with E-state index in [-0.39, 0.29) is 5.91 Å². The first-order valence-electron chi connectivity index (χ1n) is 7.51. The number of aromatic nitrogens is 2. The van der Waals surface area contributed by atoms with Crippen molar-refractivity contribution < 1.29 is 4.79 Å². The van der Waals surface area contributed by atoms with Crippen LogP contribution in [0, 0.1) is 19.8 Å². The average molecular weight is 261 g/mol. The number of rotatable bonds is 1. The number of likely N-dealkylation sites (tertiary alicyclic amines) is 1. The van der Waals surface area contributed by atoms with Gasteiger partial charge in [-0.25, -0.2) is 0 Å². The second-order valence-electron chi connectivity index (χ2n) is 6.06. The lowest BCUT2D eigenvalue weighted by Crippen LogP contribution is -2.49. The maximum Gasteiger partial charge on any atom is 0.257 e. The zero-order chi connectivity index (χ0) is 13.4. The molecule has 1 aromatic heterocycles. The minimum atomic E-state index is 0.195. The molecule has 2 unspecified atom stereocenters. The van der Waals surface area contributed by atoms with E-state index in [1.165, 1.54) is 32.1 Å². The molecule has 1 N–H and O–H groups in total. The fourth-order valence-corrected chi connectivity index (χ4v) is 3.89. The Labute approximate surface area is 114 Å². The monoisotopic (exact) mass is 261 g/mol. The van der Waals surface area contributed by atoms with Gasteiger partial charge in [0, 0.05) is 18.3 Å². The number of hydrogen-bond acceptors (Lipinski definition) is 2. The van der Waals surface area contributed by atoms with Crippen LogP contribution in [0.5, 0.6) is 0 Å². The van der Waals surface area contributed by atoms with Crippen LogP contribution < -0.4 is 0 Å². The van der Waals surface area contributed by atoms with Gasteiger partial charge in [-0.15, -0.1) is 0 Å². The van der Waals surface area contributed by atoms with Crippen molar-refractivity contribution in [3.63, 3.8) is 0 Å². The van der Waals surface area contributed by atoms with Crippen LogP contribution in [0.1, 0.15) is 60.3 Å². The predicted octanol–water partition coefficient (Wildman–Crippen LogP) is 2.82. The number of carbonyl (C=O) groups excluding carboxylic acids is 1. The number of H-pyrrole nitrogens is 1. The Balaban J connectivity index is 1.86. The van der Waals surface area contributed by atoms with Crippen LogP contribution in [0.15, 0.2) is 0 Å². The van der Waals surface area contributed by atoms with Crippen LogP contribution in [0.3, 0.4) is 0 Å². The molecule has 1 saturated heterocycles. The lowest BCUT2D eigenvalue weighted by atomic mass is 9.78. The molecule has 0 spiro atoms. The van der Waals surface area contributed by atoms with Gasteiger partial charge in [0.2, 0.25) is 0 Å². The summed E-state index contributed by atoms with van der Waals surface area (Å²) in [5.41, 5.74) is 2.53. The van der Waals surface area contributed by atoms with Gasteiger partial charge in [0.05, 0.1) is 11.3 Å². The molecular weight excluding hydrogens is 238 g/mol. The average Bonchev–Trinajstić information content (AvgIpc) is 2.77. The lowest BCUT2D eigenvalue weighted by molar-refractivity contribution is 0.0389. The summed E-state index contributed by atoms with van der Waals surface area (Å²) in [6, 6.07) is 0.476. The van der Waals surface area contributed by atoms with Crippen molar-refractivity contribution in [1.29, 1.82) is 0 Å². The highest BCUT2D eigenvalue weighted by Gasteiger charge is 2.37. The summed E-state index contributed by atoms with van der Waals surface area (Å²) in [6.45, 7) is 4.78. The zero-order valence-corrected chi connectivity index (χ0v) is 11.9. The van der Waals surface area contributed by atoms with E-state index in [1.807, 2.05) is 13.8 Å². The number of amides is 1. The van der Waals surface area contributed by atoms with Crippen LogP contribution in [0.4, 0.5) is 0 Å². The van der Waals surface area contributed by atoms with Crippen LogP contribution in [-0.4, -0.2) is 33.6 Å². The van der Waals surface area contributed by atoms with Crippen molar-refractivity contribution in [2.75, 3.05) is 6.54 Å². The van der Waals surface area contributed by atoms with Gasteiger partial charge < -0.3 is 4.90 Å². The van der Waals surface area contributed by atoms with Crippen LogP contribution in [-0.2, 0) is 0 Å². The number of nitrogens with one attached hydrogen (secondary N) is 1. The number of carbonyl (C=O) groups is 1. The summed E-state index contributed by atoms with van der Waals surface area (Å²) in [5, 5.41) is 7.10. The molecule has 1 aromatic rings. The minimum absolute atomic E-state index is 0.195. The number of fused-ring (bicyclic) bond motifs is 1. The quantitative estimate of drug-likeness (QED) is 0.845. The van der Waals surface area contributed by atoms with E-state index in [4.69, 9.17) is 0 Å². The Morgan fingerprint density at radius 2 is 1.95 bits per heavy atom. The topological polar surface area (TPSA) is 49.0 Å². The van der Waals surface area contributed by atoms with Gasteiger partial charge in [-0.05, 0) is 45.4 Å². The molecule has 2 atom stereocenters. The normalized spacial score (nSPS) is 27.2. The van der Waals surface area contributed by atoms with Gasteiger partial charge >= 0.3 is 0 Å². The first kappa shape index (κ1) is 12.7. The highest BCUT2D eigenvalue weighted by atomic mass is 16.2. The standard InChI is InChI=1S/C15H23N3O/c1-10-14(11(2)17-16-10)15(19)18-9-5-7-12-6-3-4-8-13(12)18/h12-13H,3-9H2,1-2H3,(H,16,17). The molecule has 1 aliphatic heterocycles. The molecule has 104 valence electrons. The molecule has 1 aliphatic carbocycles. The second-order valence-corrected chi connectivity index (χ2v) is 6.06. The van der Waals surface area contributed by atoms with Gasteiger partial charge in [-0.3, -0.25) is 9.89 Å². The molecule has 19 heavy (non-hydrogen) atoms. The Morgan fingerprint density at radius 3 is 2.68 bits per heavy atom. The maximum absolute atomic E-state index is 12.8. The Hall–Kier alpha value is -1.32. The van der Waals surface area contributed by atoms with Gasteiger partial charge in [0.15, 0.2) is 0 Å². The number of piperidine rings is 1. The smallest absolute Gasteiger partial charge is 0.257 e. The highest BCUT2D eigenvalue weighted by molar-refractivity contribution is 5.96. The van der Waals surface area contributed by atoms with E-state index in [9.17, 15) is 4.79 Å².